The highest BCUT2D eigenvalue weighted by Gasteiger charge is 2.33. The summed E-state index contributed by atoms with van der Waals surface area (Å²) in [6, 6.07) is 3.16. The lowest BCUT2D eigenvalue weighted by Gasteiger charge is -2.06. The molecular formula is C12H13N3O4S. The number of rotatable bonds is 2. The minimum absolute atomic E-state index is 0.00947. The molecule has 1 saturated heterocycles. The molecule has 1 fully saturated rings. The van der Waals surface area contributed by atoms with Gasteiger partial charge in [0.1, 0.15) is 5.82 Å². The van der Waals surface area contributed by atoms with Gasteiger partial charge in [-0.25, -0.2) is 18.2 Å². The first-order valence-corrected chi connectivity index (χ1v) is 7.91. The molecule has 2 aromatic rings. The summed E-state index contributed by atoms with van der Waals surface area (Å²) in [7, 11) is -3.06. The molecule has 20 heavy (non-hydrogen) atoms. The maximum Gasteiger partial charge on any atom is 0.356 e. The Kier molecular flexibility index (Phi) is 2.72. The third-order valence-electron chi connectivity index (χ3n) is 3.49. The van der Waals surface area contributed by atoms with E-state index in [-0.39, 0.29) is 23.1 Å². The topological polar surface area (TPSA) is 115 Å². The lowest BCUT2D eigenvalue weighted by Crippen LogP contribution is -2.07. The van der Waals surface area contributed by atoms with Crippen molar-refractivity contribution < 1.29 is 18.3 Å². The van der Waals surface area contributed by atoms with Gasteiger partial charge in [-0.15, -0.1) is 0 Å². The minimum Gasteiger partial charge on any atom is -0.476 e. The van der Waals surface area contributed by atoms with Crippen LogP contribution in [0.1, 0.15) is 28.7 Å². The van der Waals surface area contributed by atoms with Crippen molar-refractivity contribution in [2.75, 3.05) is 17.2 Å². The summed E-state index contributed by atoms with van der Waals surface area (Å²) < 4.78 is 24.8. The number of nitrogens with zero attached hydrogens (tertiary/aromatic N) is 2. The summed E-state index contributed by atoms with van der Waals surface area (Å²) in [5, 5.41) is 9.20. The van der Waals surface area contributed by atoms with Gasteiger partial charge in [-0.3, -0.25) is 0 Å². The number of aromatic nitrogens is 2. The highest BCUT2D eigenvalue weighted by molar-refractivity contribution is 7.91. The first kappa shape index (κ1) is 12.9. The zero-order chi connectivity index (χ0) is 14.5. The molecule has 0 saturated carbocycles. The Bertz CT molecular complexity index is 809. The van der Waals surface area contributed by atoms with Gasteiger partial charge in [0, 0.05) is 17.8 Å². The van der Waals surface area contributed by atoms with Crippen molar-refractivity contribution >= 4 is 27.0 Å². The molecule has 0 radical (unpaired) electrons. The van der Waals surface area contributed by atoms with Crippen LogP contribution in [-0.4, -0.2) is 40.4 Å². The Morgan fingerprint density at radius 2 is 2.25 bits per heavy atom. The molecule has 0 amide bonds. The molecule has 2 aromatic heterocycles. The van der Waals surface area contributed by atoms with Crippen molar-refractivity contribution in [2.45, 2.75) is 12.3 Å². The highest BCUT2D eigenvalue weighted by Crippen LogP contribution is 2.30. The second-order valence-corrected chi connectivity index (χ2v) is 7.17. The highest BCUT2D eigenvalue weighted by atomic mass is 32.2. The number of anilines is 1. The van der Waals surface area contributed by atoms with Gasteiger partial charge in [-0.1, -0.05) is 0 Å². The van der Waals surface area contributed by atoms with E-state index >= 15 is 0 Å². The smallest absolute Gasteiger partial charge is 0.356 e. The molecule has 0 bridgehead atoms. The number of sulfone groups is 1. The van der Waals surface area contributed by atoms with Crippen LogP contribution in [0.4, 0.5) is 5.69 Å². The normalized spacial score (nSPS) is 21.3. The number of carboxylic acid groups (broad SMARTS) is 1. The van der Waals surface area contributed by atoms with E-state index in [9.17, 15) is 18.3 Å². The molecule has 1 unspecified atom stereocenters. The van der Waals surface area contributed by atoms with Gasteiger partial charge in [0.05, 0.1) is 17.0 Å². The summed E-state index contributed by atoms with van der Waals surface area (Å²) in [5.74, 6) is -0.831. The lowest BCUT2D eigenvalue weighted by molar-refractivity contribution is 0.0693. The van der Waals surface area contributed by atoms with Crippen LogP contribution in [0.3, 0.4) is 0 Å². The zero-order valence-corrected chi connectivity index (χ0v) is 11.3. The van der Waals surface area contributed by atoms with E-state index < -0.39 is 15.8 Å². The van der Waals surface area contributed by atoms with Crippen LogP contribution in [-0.2, 0) is 9.84 Å². The average molecular weight is 295 g/mol. The van der Waals surface area contributed by atoms with E-state index in [1.165, 1.54) is 6.07 Å². The summed E-state index contributed by atoms with van der Waals surface area (Å²) in [4.78, 5) is 15.4. The standard InChI is InChI=1S/C12H13N3O4S/c13-8-1-3-15-9(5-8)10(12(16)17)14-11(15)7-2-4-20(18,19)6-7/h1,3,5,7H,2,4,6,13H2,(H,16,17). The van der Waals surface area contributed by atoms with Gasteiger partial charge in [0.2, 0.25) is 0 Å². The number of carboxylic acids is 1. The number of nitrogen functional groups attached to an aromatic ring is 1. The summed E-state index contributed by atoms with van der Waals surface area (Å²) in [5.41, 5.74) is 6.39. The number of hydrogen-bond donors (Lipinski definition) is 2. The lowest BCUT2D eigenvalue weighted by atomic mass is 10.1. The molecule has 7 nitrogen and oxygen atoms in total. The number of nitrogens with two attached hydrogens (primary N) is 1. The van der Waals surface area contributed by atoms with E-state index in [1.54, 1.807) is 16.7 Å². The largest absolute Gasteiger partial charge is 0.476 e. The van der Waals surface area contributed by atoms with Crippen LogP contribution in [0.2, 0.25) is 0 Å². The number of aromatic carboxylic acids is 1. The predicted molar refractivity (Wildman–Crippen MR) is 72.6 cm³/mol. The van der Waals surface area contributed by atoms with Crippen LogP contribution in [0.25, 0.3) is 5.52 Å². The summed E-state index contributed by atoms with van der Waals surface area (Å²) in [6.45, 7) is 0. The fraction of sp³-hybridized carbons (Fsp3) is 0.333. The van der Waals surface area contributed by atoms with Crippen LogP contribution >= 0.6 is 0 Å². The van der Waals surface area contributed by atoms with Gasteiger partial charge in [0.15, 0.2) is 15.5 Å². The fourth-order valence-electron chi connectivity index (χ4n) is 2.57. The second-order valence-electron chi connectivity index (χ2n) is 4.94. The summed E-state index contributed by atoms with van der Waals surface area (Å²) >= 11 is 0. The summed E-state index contributed by atoms with van der Waals surface area (Å²) in [6.07, 6.45) is 2.09. The maximum atomic E-state index is 11.6. The van der Waals surface area contributed by atoms with Crippen molar-refractivity contribution in [3.8, 4) is 0 Å². The molecule has 1 aliphatic rings. The first-order chi connectivity index (χ1) is 9.37. The Hall–Kier alpha value is -2.09. The van der Waals surface area contributed by atoms with Crippen LogP contribution < -0.4 is 5.73 Å². The van der Waals surface area contributed by atoms with E-state index in [1.807, 2.05) is 0 Å². The van der Waals surface area contributed by atoms with Crippen LogP contribution in [0.15, 0.2) is 18.3 Å². The Balaban J connectivity index is 2.19. The molecule has 0 aliphatic carbocycles. The van der Waals surface area contributed by atoms with Gasteiger partial charge in [-0.2, -0.15) is 0 Å². The molecule has 1 aliphatic heterocycles. The van der Waals surface area contributed by atoms with E-state index in [0.717, 1.165) is 0 Å². The molecular weight excluding hydrogens is 282 g/mol. The van der Waals surface area contributed by atoms with Crippen molar-refractivity contribution in [3.63, 3.8) is 0 Å². The molecule has 1 atom stereocenters. The monoisotopic (exact) mass is 295 g/mol. The Morgan fingerprint density at radius 3 is 2.85 bits per heavy atom. The van der Waals surface area contributed by atoms with E-state index in [4.69, 9.17) is 5.73 Å². The van der Waals surface area contributed by atoms with Crippen LogP contribution in [0, 0.1) is 0 Å². The SMILES string of the molecule is Nc1ccn2c(C3CCS(=O)(=O)C3)nc(C(=O)O)c2c1. The van der Waals surface area contributed by atoms with Crippen molar-refractivity contribution in [3.05, 3.63) is 29.8 Å². The maximum absolute atomic E-state index is 11.6. The quantitative estimate of drug-likeness (QED) is 0.834. The molecule has 0 spiro atoms. The van der Waals surface area contributed by atoms with Gasteiger partial charge in [0.25, 0.3) is 0 Å². The third-order valence-corrected chi connectivity index (χ3v) is 5.26. The van der Waals surface area contributed by atoms with E-state index in [0.29, 0.717) is 23.4 Å². The van der Waals surface area contributed by atoms with Gasteiger partial charge in [-0.05, 0) is 18.6 Å². The Morgan fingerprint density at radius 1 is 1.50 bits per heavy atom. The second kappa shape index (κ2) is 4.20. The minimum atomic E-state index is -3.06. The molecule has 3 N–H and O–H groups in total. The number of pyridine rings is 1. The number of imidazole rings is 1. The number of fused-ring (bicyclic) bond motifs is 1. The van der Waals surface area contributed by atoms with Crippen molar-refractivity contribution in [2.24, 2.45) is 0 Å². The molecule has 3 heterocycles. The fourth-order valence-corrected chi connectivity index (χ4v) is 4.31. The average Bonchev–Trinajstić information content (AvgIpc) is 2.89. The van der Waals surface area contributed by atoms with Crippen molar-refractivity contribution in [1.29, 1.82) is 0 Å². The van der Waals surface area contributed by atoms with E-state index in [2.05, 4.69) is 4.98 Å². The predicted octanol–water partition coefficient (Wildman–Crippen LogP) is 0.517. The van der Waals surface area contributed by atoms with Crippen LogP contribution in [0.5, 0.6) is 0 Å². The molecule has 0 aromatic carbocycles. The number of hydrogen-bond acceptors (Lipinski definition) is 5. The van der Waals surface area contributed by atoms with Gasteiger partial charge >= 0.3 is 5.97 Å². The molecule has 8 heteroatoms. The number of carbonyl (C=O) groups is 1. The first-order valence-electron chi connectivity index (χ1n) is 6.08. The third kappa shape index (κ3) is 2.01. The van der Waals surface area contributed by atoms with Crippen molar-refractivity contribution in [1.82, 2.24) is 9.38 Å². The molecule has 3 rings (SSSR count). The zero-order valence-electron chi connectivity index (χ0n) is 10.5. The molecule has 106 valence electrons. The van der Waals surface area contributed by atoms with Gasteiger partial charge < -0.3 is 15.2 Å². The Labute approximate surface area is 115 Å².